The minimum absolute atomic E-state index is 0.0327. The predicted molar refractivity (Wildman–Crippen MR) is 78.9 cm³/mol. The molecule has 2 aromatic rings. The molecule has 1 aromatic carbocycles. The van der Waals surface area contributed by atoms with Crippen molar-refractivity contribution in [3.8, 4) is 0 Å². The number of fused-ring (bicyclic) bond motifs is 1. The van der Waals surface area contributed by atoms with Gasteiger partial charge in [-0.15, -0.1) is 0 Å². The standard InChI is InChI=1S/C15H12ClNO2S/c16-14(18)7-13-11-3-1-2-4-12(11)15(19)17(13)8-10-5-6-20-9-10/h1-6,9,13H,7-8H2. The summed E-state index contributed by atoms with van der Waals surface area (Å²) >= 11 is 7.14. The van der Waals surface area contributed by atoms with Gasteiger partial charge in [0.15, 0.2) is 0 Å². The molecule has 5 heteroatoms. The van der Waals surface area contributed by atoms with Crippen molar-refractivity contribution in [1.82, 2.24) is 4.90 Å². The molecule has 1 aliphatic rings. The fourth-order valence-corrected chi connectivity index (χ4v) is 3.39. The van der Waals surface area contributed by atoms with Gasteiger partial charge in [0.1, 0.15) is 0 Å². The largest absolute Gasteiger partial charge is 0.327 e. The first-order valence-electron chi connectivity index (χ1n) is 6.26. The van der Waals surface area contributed by atoms with Gasteiger partial charge in [0.05, 0.1) is 6.04 Å². The molecule has 0 N–H and O–H groups in total. The van der Waals surface area contributed by atoms with Gasteiger partial charge in [-0.05, 0) is 45.6 Å². The Bertz CT molecular complexity index is 654. The van der Waals surface area contributed by atoms with Crippen LogP contribution in [0.25, 0.3) is 0 Å². The molecule has 3 nitrogen and oxygen atoms in total. The minimum atomic E-state index is -0.421. The molecule has 0 radical (unpaired) electrons. The number of hydrogen-bond acceptors (Lipinski definition) is 3. The summed E-state index contributed by atoms with van der Waals surface area (Å²) in [7, 11) is 0. The number of hydrogen-bond donors (Lipinski definition) is 0. The second-order valence-electron chi connectivity index (χ2n) is 4.73. The van der Waals surface area contributed by atoms with Gasteiger partial charge < -0.3 is 4.90 Å². The molecule has 0 aliphatic carbocycles. The second-order valence-corrected chi connectivity index (χ2v) is 5.93. The molecule has 1 atom stereocenters. The van der Waals surface area contributed by atoms with Crippen LogP contribution in [0.4, 0.5) is 0 Å². The monoisotopic (exact) mass is 305 g/mol. The highest BCUT2D eigenvalue weighted by Crippen LogP contribution is 2.37. The maximum absolute atomic E-state index is 12.5. The Morgan fingerprint density at radius 1 is 1.30 bits per heavy atom. The van der Waals surface area contributed by atoms with E-state index in [1.165, 1.54) is 0 Å². The van der Waals surface area contributed by atoms with Crippen LogP contribution in [0.2, 0.25) is 0 Å². The van der Waals surface area contributed by atoms with Gasteiger partial charge in [-0.2, -0.15) is 11.3 Å². The topological polar surface area (TPSA) is 37.4 Å². The fourth-order valence-electron chi connectivity index (χ4n) is 2.58. The van der Waals surface area contributed by atoms with Crippen LogP contribution in [-0.2, 0) is 11.3 Å². The van der Waals surface area contributed by atoms with E-state index in [2.05, 4.69) is 0 Å². The smallest absolute Gasteiger partial charge is 0.255 e. The first-order valence-corrected chi connectivity index (χ1v) is 7.58. The number of carbonyl (C=O) groups is 2. The van der Waals surface area contributed by atoms with E-state index in [-0.39, 0.29) is 18.4 Å². The molecule has 3 rings (SSSR count). The predicted octanol–water partition coefficient (Wildman–Crippen LogP) is 3.60. The van der Waals surface area contributed by atoms with E-state index >= 15 is 0 Å². The third-order valence-electron chi connectivity index (χ3n) is 3.47. The average molecular weight is 306 g/mol. The van der Waals surface area contributed by atoms with Crippen molar-refractivity contribution in [2.45, 2.75) is 19.0 Å². The van der Waals surface area contributed by atoms with Gasteiger partial charge in [-0.25, -0.2) is 0 Å². The van der Waals surface area contributed by atoms with E-state index in [0.717, 1.165) is 11.1 Å². The zero-order chi connectivity index (χ0) is 14.1. The van der Waals surface area contributed by atoms with E-state index in [1.807, 2.05) is 35.0 Å². The summed E-state index contributed by atoms with van der Waals surface area (Å²) in [6.07, 6.45) is 0.147. The van der Waals surface area contributed by atoms with E-state index in [9.17, 15) is 9.59 Å². The van der Waals surface area contributed by atoms with Crippen LogP contribution in [0.15, 0.2) is 41.1 Å². The number of benzene rings is 1. The number of carbonyl (C=O) groups excluding carboxylic acids is 2. The molecular weight excluding hydrogens is 294 g/mol. The van der Waals surface area contributed by atoms with Gasteiger partial charge in [0.2, 0.25) is 5.24 Å². The average Bonchev–Trinajstić information content (AvgIpc) is 3.02. The van der Waals surface area contributed by atoms with Crippen molar-refractivity contribution < 1.29 is 9.59 Å². The molecule has 0 saturated carbocycles. The molecule has 1 amide bonds. The number of nitrogens with zero attached hydrogens (tertiary/aromatic N) is 1. The van der Waals surface area contributed by atoms with Crippen LogP contribution in [0.3, 0.4) is 0 Å². The zero-order valence-corrected chi connectivity index (χ0v) is 12.2. The molecule has 0 saturated heterocycles. The Morgan fingerprint density at radius 2 is 2.10 bits per heavy atom. The summed E-state index contributed by atoms with van der Waals surface area (Å²) < 4.78 is 0. The molecule has 1 aromatic heterocycles. The Hall–Kier alpha value is -1.65. The van der Waals surface area contributed by atoms with Gasteiger partial charge in [0, 0.05) is 18.5 Å². The van der Waals surface area contributed by atoms with Gasteiger partial charge >= 0.3 is 0 Å². The van der Waals surface area contributed by atoms with Crippen molar-refractivity contribution in [2.24, 2.45) is 0 Å². The van der Waals surface area contributed by atoms with Crippen LogP contribution in [-0.4, -0.2) is 16.0 Å². The highest BCUT2D eigenvalue weighted by molar-refractivity contribution is 7.07. The van der Waals surface area contributed by atoms with Crippen LogP contribution in [0, 0.1) is 0 Å². The number of thiophene rings is 1. The third-order valence-corrected chi connectivity index (χ3v) is 4.36. The van der Waals surface area contributed by atoms with Gasteiger partial charge in [-0.3, -0.25) is 9.59 Å². The lowest BCUT2D eigenvalue weighted by atomic mass is 10.0. The summed E-state index contributed by atoms with van der Waals surface area (Å²) in [5.41, 5.74) is 2.63. The fraction of sp³-hybridized carbons (Fsp3) is 0.200. The lowest BCUT2D eigenvalue weighted by Crippen LogP contribution is -2.28. The van der Waals surface area contributed by atoms with Crippen molar-refractivity contribution >= 4 is 34.1 Å². The van der Waals surface area contributed by atoms with Crippen molar-refractivity contribution in [2.75, 3.05) is 0 Å². The lowest BCUT2D eigenvalue weighted by molar-refractivity contribution is -0.112. The van der Waals surface area contributed by atoms with Gasteiger partial charge in [0.25, 0.3) is 5.91 Å². The maximum Gasteiger partial charge on any atom is 0.255 e. The SMILES string of the molecule is O=C(Cl)CC1c2ccccc2C(=O)N1Cc1ccsc1. The number of halogens is 1. The maximum atomic E-state index is 12.5. The molecule has 1 unspecified atom stereocenters. The highest BCUT2D eigenvalue weighted by atomic mass is 35.5. The Kier molecular flexibility index (Phi) is 3.59. The van der Waals surface area contributed by atoms with Crippen molar-refractivity contribution in [3.05, 3.63) is 57.8 Å². The zero-order valence-electron chi connectivity index (χ0n) is 10.6. The quantitative estimate of drug-likeness (QED) is 0.809. The van der Waals surface area contributed by atoms with E-state index in [0.29, 0.717) is 12.1 Å². The number of amides is 1. The van der Waals surface area contributed by atoms with Crippen LogP contribution in [0.1, 0.15) is 33.9 Å². The number of rotatable bonds is 4. The lowest BCUT2D eigenvalue weighted by Gasteiger charge is -2.24. The van der Waals surface area contributed by atoms with E-state index < -0.39 is 5.24 Å². The molecule has 0 bridgehead atoms. The van der Waals surface area contributed by atoms with Gasteiger partial charge in [-0.1, -0.05) is 18.2 Å². The third kappa shape index (κ3) is 2.37. The summed E-state index contributed by atoms with van der Waals surface area (Å²) in [6, 6.07) is 9.14. The minimum Gasteiger partial charge on any atom is -0.327 e. The second kappa shape index (κ2) is 5.38. The summed E-state index contributed by atoms with van der Waals surface area (Å²) in [4.78, 5) is 25.5. The summed E-state index contributed by atoms with van der Waals surface area (Å²) in [5.74, 6) is -0.0327. The van der Waals surface area contributed by atoms with E-state index in [4.69, 9.17) is 11.6 Å². The van der Waals surface area contributed by atoms with Crippen LogP contribution in [0.5, 0.6) is 0 Å². The van der Waals surface area contributed by atoms with Crippen molar-refractivity contribution in [3.63, 3.8) is 0 Å². The highest BCUT2D eigenvalue weighted by Gasteiger charge is 2.37. The molecule has 1 aliphatic heterocycles. The molecule has 0 fully saturated rings. The normalized spacial score (nSPS) is 17.4. The first-order chi connectivity index (χ1) is 9.66. The summed E-state index contributed by atoms with van der Waals surface area (Å²) in [5, 5.41) is 3.57. The Labute approximate surface area is 125 Å². The van der Waals surface area contributed by atoms with Crippen molar-refractivity contribution in [1.29, 1.82) is 0 Å². The molecule has 20 heavy (non-hydrogen) atoms. The Morgan fingerprint density at radius 3 is 2.80 bits per heavy atom. The first kappa shape index (κ1) is 13.3. The molecule has 2 heterocycles. The molecular formula is C15H12ClNO2S. The summed E-state index contributed by atoms with van der Waals surface area (Å²) in [6.45, 7) is 0.506. The van der Waals surface area contributed by atoms with E-state index in [1.54, 1.807) is 22.3 Å². The molecule has 0 spiro atoms. The van der Waals surface area contributed by atoms with Crippen LogP contribution < -0.4 is 0 Å². The Balaban J connectivity index is 1.96. The molecule has 102 valence electrons. The van der Waals surface area contributed by atoms with Crippen LogP contribution >= 0.6 is 22.9 Å².